The third kappa shape index (κ3) is 5.04. The van der Waals surface area contributed by atoms with Crippen LogP contribution in [0.4, 0.5) is 11.4 Å². The summed E-state index contributed by atoms with van der Waals surface area (Å²) in [4.78, 5) is 40.2. The van der Waals surface area contributed by atoms with Gasteiger partial charge in [-0.2, -0.15) is 0 Å². The second-order valence-electron chi connectivity index (χ2n) is 8.32. The number of aromatic nitrogens is 1. The Kier molecular flexibility index (Phi) is 7.23. The molecule has 0 spiro atoms. The molecule has 0 aliphatic carbocycles. The normalized spacial score (nSPS) is 14.8. The molecule has 190 valence electrons. The molecule has 2 N–H and O–H groups in total. The van der Waals surface area contributed by atoms with E-state index in [-0.39, 0.29) is 38.9 Å². The average molecular weight is 584 g/mol. The maximum Gasteiger partial charge on any atom is 0.270 e. The highest BCUT2D eigenvalue weighted by molar-refractivity contribution is 7.80. The highest BCUT2D eigenvalue weighted by Gasteiger charge is 2.36. The van der Waals surface area contributed by atoms with E-state index in [0.717, 1.165) is 15.8 Å². The molecule has 1 fully saturated rings. The number of nitrogens with zero attached hydrogens (tertiary/aromatic N) is 2. The van der Waals surface area contributed by atoms with Crippen molar-refractivity contribution >= 4 is 98.2 Å². The molecule has 1 saturated heterocycles. The molecule has 0 bridgehead atoms. The van der Waals surface area contributed by atoms with Crippen LogP contribution in [-0.2, 0) is 20.9 Å². The van der Waals surface area contributed by atoms with Crippen LogP contribution in [0.15, 0.2) is 78.5 Å². The Bertz CT molecular complexity index is 1660. The van der Waals surface area contributed by atoms with Gasteiger partial charge in [-0.3, -0.25) is 24.6 Å². The second kappa shape index (κ2) is 10.6. The van der Waals surface area contributed by atoms with Crippen LogP contribution in [0.3, 0.4) is 0 Å². The van der Waals surface area contributed by atoms with Gasteiger partial charge in [0.15, 0.2) is 5.11 Å². The van der Waals surface area contributed by atoms with Crippen molar-refractivity contribution in [2.75, 3.05) is 10.2 Å². The zero-order valence-corrected chi connectivity index (χ0v) is 22.5. The van der Waals surface area contributed by atoms with Gasteiger partial charge in [-0.15, -0.1) is 0 Å². The van der Waals surface area contributed by atoms with Crippen molar-refractivity contribution in [2.45, 2.75) is 6.54 Å². The largest absolute Gasteiger partial charge is 0.337 e. The molecule has 7 nitrogen and oxygen atoms in total. The summed E-state index contributed by atoms with van der Waals surface area (Å²) in [5.74, 6) is -1.56. The molecule has 1 aliphatic heterocycles. The van der Waals surface area contributed by atoms with Crippen molar-refractivity contribution in [3.63, 3.8) is 0 Å². The van der Waals surface area contributed by atoms with E-state index in [1.54, 1.807) is 53.2 Å². The quantitative estimate of drug-likeness (QED) is 0.170. The molecule has 11 heteroatoms. The summed E-state index contributed by atoms with van der Waals surface area (Å²) in [6.45, 7) is 0.000783. The summed E-state index contributed by atoms with van der Waals surface area (Å²) in [6.07, 6.45) is 3.18. The van der Waals surface area contributed by atoms with Crippen LogP contribution in [0.5, 0.6) is 0 Å². The minimum atomic E-state index is -0.653. The summed E-state index contributed by atoms with van der Waals surface area (Å²) in [5.41, 5.74) is 2.03. The fourth-order valence-electron chi connectivity index (χ4n) is 4.11. The van der Waals surface area contributed by atoms with E-state index in [2.05, 4.69) is 10.6 Å². The number of halogens is 3. The summed E-state index contributed by atoms with van der Waals surface area (Å²) >= 11 is 23.6. The smallest absolute Gasteiger partial charge is 0.270 e. The Balaban J connectivity index is 1.49. The van der Waals surface area contributed by atoms with Gasteiger partial charge in [-0.25, -0.2) is 0 Å². The number of nitrogens with one attached hydrogen (secondary N) is 2. The van der Waals surface area contributed by atoms with E-state index < -0.39 is 11.8 Å². The van der Waals surface area contributed by atoms with Gasteiger partial charge in [0.25, 0.3) is 11.8 Å². The van der Waals surface area contributed by atoms with E-state index in [1.807, 2.05) is 24.3 Å². The fraction of sp³-hybridized carbons (Fsp3) is 0.0370. The lowest BCUT2D eigenvalue weighted by Gasteiger charge is -2.29. The first kappa shape index (κ1) is 25.9. The Hall–Kier alpha value is -3.69. The number of para-hydroxylation sites is 1. The van der Waals surface area contributed by atoms with Crippen LogP contribution >= 0.6 is 47.0 Å². The van der Waals surface area contributed by atoms with E-state index in [0.29, 0.717) is 16.3 Å². The number of carbonyl (C=O) groups excluding carboxylic acids is 3. The van der Waals surface area contributed by atoms with Gasteiger partial charge in [0.1, 0.15) is 12.1 Å². The van der Waals surface area contributed by atoms with Crippen molar-refractivity contribution in [3.05, 3.63) is 99.1 Å². The first-order chi connectivity index (χ1) is 18.2. The first-order valence-corrected chi connectivity index (χ1v) is 12.8. The highest BCUT2D eigenvalue weighted by atomic mass is 35.5. The highest BCUT2D eigenvalue weighted by Crippen LogP contribution is 2.35. The second-order valence-corrected chi connectivity index (χ2v) is 9.92. The van der Waals surface area contributed by atoms with Gasteiger partial charge in [0.2, 0.25) is 5.91 Å². The van der Waals surface area contributed by atoms with Crippen molar-refractivity contribution in [1.29, 1.82) is 0 Å². The molecule has 3 amide bonds. The fourth-order valence-corrected chi connectivity index (χ4v) is 4.89. The van der Waals surface area contributed by atoms with Gasteiger partial charge in [-0.05, 0) is 60.8 Å². The van der Waals surface area contributed by atoms with Crippen LogP contribution < -0.4 is 15.5 Å². The molecule has 0 unspecified atom stereocenters. The standard InChI is InChI=1S/C27H17Cl3N4O3S/c28-16-8-10-17(11-9-16)31-23(35)14-33-13-15(18-4-1-2-6-21(18)33)12-19-25(36)32-27(38)34(26(19)37)22-7-3-5-20(29)24(22)30/h1-13H,14H2,(H,31,35)(H,32,36,38)/b19-12+. The summed E-state index contributed by atoms with van der Waals surface area (Å²) in [6, 6.07) is 18.9. The molecule has 4 aromatic rings. The molecule has 0 radical (unpaired) electrons. The topological polar surface area (TPSA) is 83.4 Å². The minimum Gasteiger partial charge on any atom is -0.337 e. The van der Waals surface area contributed by atoms with Crippen molar-refractivity contribution < 1.29 is 14.4 Å². The van der Waals surface area contributed by atoms with Crippen LogP contribution in [0, 0.1) is 0 Å². The Morgan fingerprint density at radius 1 is 0.974 bits per heavy atom. The number of fused-ring (bicyclic) bond motifs is 1. The van der Waals surface area contributed by atoms with Crippen molar-refractivity contribution in [3.8, 4) is 0 Å². The molecule has 2 heterocycles. The van der Waals surface area contributed by atoms with Crippen LogP contribution in [-0.4, -0.2) is 27.4 Å². The minimum absolute atomic E-state index is 0.000783. The summed E-state index contributed by atoms with van der Waals surface area (Å²) in [5, 5.41) is 6.94. The van der Waals surface area contributed by atoms with Crippen molar-refractivity contribution in [2.24, 2.45) is 0 Å². The number of rotatable bonds is 5. The van der Waals surface area contributed by atoms with E-state index >= 15 is 0 Å². The van der Waals surface area contributed by atoms with Crippen LogP contribution in [0.25, 0.3) is 17.0 Å². The zero-order valence-electron chi connectivity index (χ0n) is 19.4. The predicted molar refractivity (Wildman–Crippen MR) is 155 cm³/mol. The first-order valence-electron chi connectivity index (χ1n) is 11.2. The van der Waals surface area contributed by atoms with E-state index in [1.165, 1.54) is 6.08 Å². The Morgan fingerprint density at radius 2 is 1.71 bits per heavy atom. The number of amides is 3. The molecule has 0 atom stereocenters. The molecule has 3 aromatic carbocycles. The maximum absolute atomic E-state index is 13.5. The number of thiocarbonyl (C=S) groups is 1. The molecule has 5 rings (SSSR count). The summed E-state index contributed by atoms with van der Waals surface area (Å²) in [7, 11) is 0. The average Bonchev–Trinajstić information content (AvgIpc) is 3.22. The van der Waals surface area contributed by atoms with E-state index in [9.17, 15) is 14.4 Å². The number of hydrogen-bond acceptors (Lipinski definition) is 4. The third-order valence-electron chi connectivity index (χ3n) is 5.83. The Labute approximate surface area is 237 Å². The molecule has 0 saturated carbocycles. The van der Waals surface area contributed by atoms with Gasteiger partial charge in [0, 0.05) is 33.4 Å². The van der Waals surface area contributed by atoms with Crippen LogP contribution in [0.2, 0.25) is 15.1 Å². The lowest BCUT2D eigenvalue weighted by Crippen LogP contribution is -2.54. The summed E-state index contributed by atoms with van der Waals surface area (Å²) < 4.78 is 1.74. The van der Waals surface area contributed by atoms with Crippen molar-refractivity contribution in [1.82, 2.24) is 9.88 Å². The number of benzene rings is 3. The maximum atomic E-state index is 13.5. The molecule has 1 aliphatic rings. The number of anilines is 2. The van der Waals surface area contributed by atoms with E-state index in [4.69, 9.17) is 47.0 Å². The van der Waals surface area contributed by atoms with Gasteiger partial charge >= 0.3 is 0 Å². The SMILES string of the molecule is O=C(Cn1cc(/C=C2\C(=O)NC(=S)N(c3cccc(Cl)c3Cl)C2=O)c2ccccc21)Nc1ccc(Cl)cc1. The Morgan fingerprint density at radius 3 is 2.47 bits per heavy atom. The molecular formula is C27H17Cl3N4O3S. The zero-order chi connectivity index (χ0) is 27.0. The molecule has 38 heavy (non-hydrogen) atoms. The molecular weight excluding hydrogens is 567 g/mol. The van der Waals surface area contributed by atoms with Gasteiger partial charge in [-0.1, -0.05) is 59.1 Å². The third-order valence-corrected chi connectivity index (χ3v) is 7.18. The predicted octanol–water partition coefficient (Wildman–Crippen LogP) is 6.07. The number of carbonyl (C=O) groups is 3. The monoisotopic (exact) mass is 582 g/mol. The van der Waals surface area contributed by atoms with Gasteiger partial charge < -0.3 is 9.88 Å². The molecule has 1 aromatic heterocycles. The number of hydrogen-bond donors (Lipinski definition) is 2. The van der Waals surface area contributed by atoms with Crippen LogP contribution in [0.1, 0.15) is 5.56 Å². The lowest BCUT2D eigenvalue weighted by atomic mass is 10.1. The van der Waals surface area contributed by atoms with Gasteiger partial charge in [0.05, 0.1) is 15.7 Å². The lowest BCUT2D eigenvalue weighted by molar-refractivity contribution is -0.122.